The van der Waals surface area contributed by atoms with E-state index < -0.39 is 5.97 Å². The summed E-state index contributed by atoms with van der Waals surface area (Å²) < 4.78 is 16.2. The van der Waals surface area contributed by atoms with E-state index in [1.165, 1.54) is 12.1 Å². The fraction of sp³-hybridized carbons (Fsp3) is 0.227. The van der Waals surface area contributed by atoms with E-state index in [-0.39, 0.29) is 5.82 Å². The fourth-order valence-electron chi connectivity index (χ4n) is 3.42. The lowest BCUT2D eigenvalue weighted by Crippen LogP contribution is -2.16. The first kappa shape index (κ1) is 20.3. The van der Waals surface area contributed by atoms with E-state index in [0.29, 0.717) is 30.9 Å². The van der Waals surface area contributed by atoms with Gasteiger partial charge in [-0.15, -0.1) is 0 Å². The van der Waals surface area contributed by atoms with Crippen LogP contribution in [-0.4, -0.2) is 15.6 Å². The molecule has 2 aromatic carbocycles. The van der Waals surface area contributed by atoms with Gasteiger partial charge in [-0.1, -0.05) is 46.3 Å². The first-order chi connectivity index (χ1) is 13.4. The van der Waals surface area contributed by atoms with Crippen molar-refractivity contribution in [1.29, 1.82) is 0 Å². The average Bonchev–Trinajstić information content (AvgIpc) is 2.89. The molecule has 0 amide bonds. The maximum Gasteiger partial charge on any atom is 0.337 e. The Hall–Kier alpha value is -2.44. The number of carbonyl (C=O) groups is 1. The number of carboxylic acids is 1. The molecule has 1 aromatic heterocycles. The van der Waals surface area contributed by atoms with Crippen LogP contribution in [0.15, 0.2) is 53.0 Å². The van der Waals surface area contributed by atoms with Crippen LogP contribution in [0.25, 0.3) is 0 Å². The Balaban J connectivity index is 1.84. The zero-order valence-corrected chi connectivity index (χ0v) is 17.4. The van der Waals surface area contributed by atoms with Crippen LogP contribution in [0.3, 0.4) is 0 Å². The van der Waals surface area contributed by atoms with Gasteiger partial charge in [0.25, 0.3) is 0 Å². The SMILES string of the molecule is Cc1c(CNCc2ccccc2Br)c(C(=O)O)c(C)n1Cc1ccc(F)cc1. The number of rotatable bonds is 7. The molecular weight excluding hydrogens is 423 g/mol. The molecule has 6 heteroatoms. The standard InChI is InChI=1S/C22H22BrFN2O2/c1-14-19(12-25-11-17-5-3-4-6-20(17)23)21(22(27)28)15(2)26(14)13-16-7-9-18(24)10-8-16/h3-10,25H,11-13H2,1-2H3,(H,27,28). The van der Waals surface area contributed by atoms with Crippen LogP contribution in [-0.2, 0) is 19.6 Å². The summed E-state index contributed by atoms with van der Waals surface area (Å²) in [6, 6.07) is 14.2. The predicted molar refractivity (Wildman–Crippen MR) is 111 cm³/mol. The van der Waals surface area contributed by atoms with E-state index >= 15 is 0 Å². The second-order valence-electron chi connectivity index (χ2n) is 6.74. The largest absolute Gasteiger partial charge is 0.478 e. The molecule has 28 heavy (non-hydrogen) atoms. The highest BCUT2D eigenvalue weighted by molar-refractivity contribution is 9.10. The van der Waals surface area contributed by atoms with Gasteiger partial charge in [0.2, 0.25) is 0 Å². The maximum atomic E-state index is 13.2. The smallest absolute Gasteiger partial charge is 0.337 e. The molecule has 0 bridgehead atoms. The van der Waals surface area contributed by atoms with Crippen molar-refractivity contribution in [3.63, 3.8) is 0 Å². The molecule has 0 atom stereocenters. The molecular formula is C22H22BrFN2O2. The van der Waals surface area contributed by atoms with E-state index in [1.54, 1.807) is 12.1 Å². The predicted octanol–water partition coefficient (Wildman–Crippen LogP) is 5.04. The summed E-state index contributed by atoms with van der Waals surface area (Å²) in [6.07, 6.45) is 0. The van der Waals surface area contributed by atoms with Crippen molar-refractivity contribution in [1.82, 2.24) is 9.88 Å². The number of aromatic carboxylic acids is 1. The van der Waals surface area contributed by atoms with Crippen LogP contribution in [0, 0.1) is 19.7 Å². The van der Waals surface area contributed by atoms with Gasteiger partial charge in [0.15, 0.2) is 0 Å². The van der Waals surface area contributed by atoms with Gasteiger partial charge in [0, 0.05) is 41.1 Å². The van der Waals surface area contributed by atoms with Gasteiger partial charge in [-0.3, -0.25) is 0 Å². The van der Waals surface area contributed by atoms with Gasteiger partial charge in [-0.2, -0.15) is 0 Å². The van der Waals surface area contributed by atoms with Gasteiger partial charge < -0.3 is 15.0 Å². The van der Waals surface area contributed by atoms with Crippen LogP contribution in [0.2, 0.25) is 0 Å². The van der Waals surface area contributed by atoms with E-state index in [1.807, 2.05) is 42.7 Å². The summed E-state index contributed by atoms with van der Waals surface area (Å²) in [5.41, 5.74) is 4.75. The maximum absolute atomic E-state index is 13.2. The van der Waals surface area contributed by atoms with Crippen molar-refractivity contribution in [3.8, 4) is 0 Å². The van der Waals surface area contributed by atoms with E-state index in [4.69, 9.17) is 0 Å². The van der Waals surface area contributed by atoms with Gasteiger partial charge in [0.1, 0.15) is 5.82 Å². The molecule has 0 spiro atoms. The summed E-state index contributed by atoms with van der Waals surface area (Å²) >= 11 is 3.53. The van der Waals surface area contributed by atoms with E-state index in [2.05, 4.69) is 21.2 Å². The molecule has 3 rings (SSSR count). The normalized spacial score (nSPS) is 11.0. The van der Waals surface area contributed by atoms with E-state index in [0.717, 1.165) is 26.9 Å². The van der Waals surface area contributed by atoms with Crippen molar-refractivity contribution in [2.75, 3.05) is 0 Å². The lowest BCUT2D eigenvalue weighted by atomic mass is 10.1. The number of benzene rings is 2. The molecule has 0 fully saturated rings. The number of aromatic nitrogens is 1. The minimum absolute atomic E-state index is 0.284. The molecule has 0 radical (unpaired) electrons. The molecule has 0 saturated carbocycles. The molecule has 1 heterocycles. The molecule has 3 aromatic rings. The summed E-state index contributed by atoms with van der Waals surface area (Å²) in [5, 5.41) is 13.1. The summed E-state index contributed by atoms with van der Waals surface area (Å²) in [7, 11) is 0. The minimum Gasteiger partial charge on any atom is -0.478 e. The first-order valence-corrected chi connectivity index (χ1v) is 9.78. The summed E-state index contributed by atoms with van der Waals surface area (Å²) in [6.45, 7) is 5.33. The highest BCUT2D eigenvalue weighted by Crippen LogP contribution is 2.24. The molecule has 0 aliphatic heterocycles. The number of hydrogen-bond acceptors (Lipinski definition) is 2. The molecule has 4 nitrogen and oxygen atoms in total. The number of hydrogen-bond donors (Lipinski definition) is 2. The first-order valence-electron chi connectivity index (χ1n) is 8.99. The second kappa shape index (κ2) is 8.71. The van der Waals surface area contributed by atoms with Crippen LogP contribution < -0.4 is 5.32 Å². The topological polar surface area (TPSA) is 54.3 Å². The number of halogens is 2. The van der Waals surface area contributed by atoms with Crippen LogP contribution in [0.4, 0.5) is 4.39 Å². The van der Waals surface area contributed by atoms with Gasteiger partial charge >= 0.3 is 5.97 Å². The fourth-order valence-corrected chi connectivity index (χ4v) is 3.85. The monoisotopic (exact) mass is 444 g/mol. The molecule has 2 N–H and O–H groups in total. The molecule has 0 unspecified atom stereocenters. The quantitative estimate of drug-likeness (QED) is 0.536. The lowest BCUT2D eigenvalue weighted by molar-refractivity contribution is 0.0694. The van der Waals surface area contributed by atoms with Crippen LogP contribution >= 0.6 is 15.9 Å². The van der Waals surface area contributed by atoms with Crippen molar-refractivity contribution < 1.29 is 14.3 Å². The molecule has 0 aliphatic carbocycles. The average molecular weight is 445 g/mol. The minimum atomic E-state index is -0.934. The number of carboxylic acid groups (broad SMARTS) is 1. The van der Waals surface area contributed by atoms with Gasteiger partial charge in [-0.05, 0) is 43.2 Å². The number of nitrogens with zero attached hydrogens (tertiary/aromatic N) is 1. The van der Waals surface area contributed by atoms with Crippen molar-refractivity contribution in [2.24, 2.45) is 0 Å². The highest BCUT2D eigenvalue weighted by Gasteiger charge is 2.22. The Labute approximate surface area is 172 Å². The third-order valence-corrected chi connectivity index (χ3v) is 5.73. The second-order valence-corrected chi connectivity index (χ2v) is 7.59. The third-order valence-electron chi connectivity index (χ3n) is 4.95. The van der Waals surface area contributed by atoms with Crippen LogP contribution in [0.1, 0.15) is 38.4 Å². The molecule has 146 valence electrons. The Kier molecular flexibility index (Phi) is 6.31. The van der Waals surface area contributed by atoms with Crippen molar-refractivity contribution in [3.05, 3.63) is 92.5 Å². The Morgan fingerprint density at radius 1 is 1.07 bits per heavy atom. The Morgan fingerprint density at radius 3 is 2.39 bits per heavy atom. The highest BCUT2D eigenvalue weighted by atomic mass is 79.9. The zero-order chi connectivity index (χ0) is 20.3. The van der Waals surface area contributed by atoms with Gasteiger partial charge in [-0.25, -0.2) is 9.18 Å². The Bertz CT molecular complexity index is 997. The molecule has 0 saturated heterocycles. The van der Waals surface area contributed by atoms with Crippen molar-refractivity contribution >= 4 is 21.9 Å². The lowest BCUT2D eigenvalue weighted by Gasteiger charge is -2.11. The number of nitrogens with one attached hydrogen (secondary N) is 1. The van der Waals surface area contributed by atoms with Crippen LogP contribution in [0.5, 0.6) is 0 Å². The zero-order valence-electron chi connectivity index (χ0n) is 15.8. The molecule has 0 aliphatic rings. The third kappa shape index (κ3) is 4.34. The van der Waals surface area contributed by atoms with Gasteiger partial charge in [0.05, 0.1) is 5.56 Å². The summed E-state index contributed by atoms with van der Waals surface area (Å²) in [5.74, 6) is -1.22. The summed E-state index contributed by atoms with van der Waals surface area (Å²) in [4.78, 5) is 11.9. The Morgan fingerprint density at radius 2 is 1.75 bits per heavy atom. The van der Waals surface area contributed by atoms with E-state index in [9.17, 15) is 14.3 Å². The van der Waals surface area contributed by atoms with Crippen molar-refractivity contribution in [2.45, 2.75) is 33.5 Å².